The van der Waals surface area contributed by atoms with Crippen LogP contribution in [0.15, 0.2) is 63.6 Å². The average molecular weight is 560 g/mol. The Morgan fingerprint density at radius 2 is 1.82 bits per heavy atom. The van der Waals surface area contributed by atoms with E-state index in [0.29, 0.717) is 11.6 Å². The number of rotatable bonds is 9. The smallest absolute Gasteiger partial charge is 0.266 e. The lowest BCUT2D eigenvalue weighted by molar-refractivity contribution is 0.196. The van der Waals surface area contributed by atoms with Crippen LogP contribution >= 0.6 is 11.6 Å². The van der Waals surface area contributed by atoms with E-state index in [1.54, 1.807) is 0 Å². The Balaban J connectivity index is 1.50. The summed E-state index contributed by atoms with van der Waals surface area (Å²) in [4.78, 5) is 8.99. The van der Waals surface area contributed by atoms with Crippen molar-refractivity contribution < 1.29 is 12.8 Å². The van der Waals surface area contributed by atoms with Gasteiger partial charge in [0.15, 0.2) is 0 Å². The molecule has 0 bridgehead atoms. The molecule has 2 fully saturated rings. The van der Waals surface area contributed by atoms with E-state index in [-0.39, 0.29) is 22.9 Å². The lowest BCUT2D eigenvalue weighted by atomic mass is 9.77. The molecule has 0 saturated heterocycles. The van der Waals surface area contributed by atoms with Crippen molar-refractivity contribution in [3.63, 3.8) is 0 Å². The Hall–Kier alpha value is -2.75. The summed E-state index contributed by atoms with van der Waals surface area (Å²) < 4.78 is 43.0. The predicted octanol–water partition coefficient (Wildman–Crippen LogP) is 5.56. The van der Waals surface area contributed by atoms with Crippen molar-refractivity contribution in [2.24, 2.45) is 9.98 Å². The summed E-state index contributed by atoms with van der Waals surface area (Å²) in [5, 5.41) is 3.54. The van der Waals surface area contributed by atoms with Crippen molar-refractivity contribution in [2.45, 2.75) is 60.9 Å². The Kier molecular flexibility index (Phi) is 8.90. The standard InChI is InChI=1S/C28H35ClFN5O2S/c1-31-13-12-28(32-2)34-38(36,37)27-16-22(29)25(17-23(27)30)33-24-11-10-21(15-26(24)35(3)4)20-7-5-6-19(14-20)18-8-9-18/h5-7,12-14,16-18,21,24,26,33H,1,8-11,15H2,2-4H3,(H,32,34)/b13-12-/t21-,24-,26-/m0/s1. The van der Waals surface area contributed by atoms with Crippen LogP contribution in [0.2, 0.25) is 5.02 Å². The normalized spacial score (nSPS) is 22.6. The third kappa shape index (κ3) is 6.62. The number of sulfonamides is 1. The second kappa shape index (κ2) is 12.0. The molecule has 2 saturated carbocycles. The lowest BCUT2D eigenvalue weighted by Gasteiger charge is -2.41. The first-order chi connectivity index (χ1) is 18.1. The van der Waals surface area contributed by atoms with Gasteiger partial charge in [0.1, 0.15) is 16.5 Å². The molecule has 2 aliphatic rings. The maximum Gasteiger partial charge on any atom is 0.266 e. The van der Waals surface area contributed by atoms with Gasteiger partial charge in [-0.25, -0.2) is 12.8 Å². The number of hydrogen-bond acceptors (Lipinski definition) is 6. The van der Waals surface area contributed by atoms with Gasteiger partial charge in [-0.3, -0.25) is 14.7 Å². The topological polar surface area (TPSA) is 86.2 Å². The zero-order valence-corrected chi connectivity index (χ0v) is 23.6. The van der Waals surface area contributed by atoms with E-state index < -0.39 is 20.7 Å². The molecule has 0 heterocycles. The van der Waals surface area contributed by atoms with E-state index in [9.17, 15) is 8.42 Å². The zero-order chi connectivity index (χ0) is 27.4. The molecule has 0 radical (unpaired) electrons. The van der Waals surface area contributed by atoms with Crippen molar-refractivity contribution in [2.75, 3.05) is 26.5 Å². The number of hydrogen-bond donors (Lipinski definition) is 2. The van der Waals surface area contributed by atoms with E-state index in [1.165, 1.54) is 43.3 Å². The van der Waals surface area contributed by atoms with Crippen molar-refractivity contribution in [3.05, 3.63) is 70.6 Å². The molecule has 204 valence electrons. The minimum Gasteiger partial charge on any atom is -0.379 e. The molecule has 0 aromatic heterocycles. The third-order valence-corrected chi connectivity index (χ3v) is 9.06. The number of benzene rings is 2. The number of nitrogens with zero attached hydrogens (tertiary/aromatic N) is 3. The van der Waals surface area contributed by atoms with Gasteiger partial charge in [-0.1, -0.05) is 35.9 Å². The van der Waals surface area contributed by atoms with Gasteiger partial charge in [0, 0.05) is 25.3 Å². The number of likely N-dealkylation sites (N-methyl/N-ethyl adjacent to an activating group) is 1. The Labute approximate surface area is 230 Å². The summed E-state index contributed by atoms with van der Waals surface area (Å²) in [6, 6.07) is 11.5. The molecule has 2 N–H and O–H groups in total. The highest BCUT2D eigenvalue weighted by atomic mass is 35.5. The highest BCUT2D eigenvalue weighted by Gasteiger charge is 2.34. The number of amidine groups is 1. The molecule has 0 spiro atoms. The van der Waals surface area contributed by atoms with Crippen LogP contribution in [0.3, 0.4) is 0 Å². The first-order valence-corrected chi connectivity index (χ1v) is 14.6. The van der Waals surface area contributed by atoms with Crippen LogP contribution < -0.4 is 10.0 Å². The van der Waals surface area contributed by atoms with Gasteiger partial charge in [-0.2, -0.15) is 0 Å². The van der Waals surface area contributed by atoms with Crippen LogP contribution in [0, 0.1) is 5.82 Å². The van der Waals surface area contributed by atoms with E-state index in [4.69, 9.17) is 11.6 Å². The number of anilines is 1. The van der Waals surface area contributed by atoms with Gasteiger partial charge in [0.2, 0.25) is 0 Å². The van der Waals surface area contributed by atoms with E-state index >= 15 is 4.39 Å². The van der Waals surface area contributed by atoms with Crippen molar-refractivity contribution in [3.8, 4) is 0 Å². The Bertz CT molecular complexity index is 1340. The van der Waals surface area contributed by atoms with Gasteiger partial charge < -0.3 is 10.2 Å². The minimum atomic E-state index is -4.26. The SMILES string of the molecule is C=N/C=C\C(=N/C)NS(=O)(=O)c1cc(Cl)c(N[C@H]2CC[C@H](c3cccc(C4CC4)c3)C[C@@H]2N(C)C)cc1F. The van der Waals surface area contributed by atoms with Crippen LogP contribution in [-0.4, -0.2) is 59.1 Å². The Morgan fingerprint density at radius 1 is 1.13 bits per heavy atom. The third-order valence-electron chi connectivity index (χ3n) is 7.38. The molecular weight excluding hydrogens is 525 g/mol. The van der Waals surface area contributed by atoms with E-state index in [0.717, 1.165) is 37.3 Å². The largest absolute Gasteiger partial charge is 0.379 e. The molecule has 0 aliphatic heterocycles. The monoisotopic (exact) mass is 559 g/mol. The van der Waals surface area contributed by atoms with Crippen molar-refractivity contribution in [1.82, 2.24) is 9.62 Å². The maximum atomic E-state index is 15.1. The van der Waals surface area contributed by atoms with E-state index in [2.05, 4.69) is 70.0 Å². The van der Waals surface area contributed by atoms with Crippen LogP contribution in [-0.2, 0) is 10.0 Å². The molecule has 10 heteroatoms. The average Bonchev–Trinajstić information content (AvgIpc) is 3.74. The minimum absolute atomic E-state index is 0.0108. The van der Waals surface area contributed by atoms with Gasteiger partial charge >= 0.3 is 0 Å². The van der Waals surface area contributed by atoms with Crippen LogP contribution in [0.5, 0.6) is 0 Å². The first kappa shape index (κ1) is 28.3. The highest BCUT2D eigenvalue weighted by molar-refractivity contribution is 7.90. The van der Waals surface area contributed by atoms with Gasteiger partial charge in [0.25, 0.3) is 10.0 Å². The summed E-state index contributed by atoms with van der Waals surface area (Å²) in [6.07, 6.45) is 8.00. The Morgan fingerprint density at radius 3 is 2.45 bits per heavy atom. The molecular formula is C28H35ClFN5O2S. The van der Waals surface area contributed by atoms with Gasteiger partial charge in [-0.15, -0.1) is 0 Å². The molecule has 0 unspecified atom stereocenters. The molecule has 2 aromatic rings. The van der Waals surface area contributed by atoms with Crippen LogP contribution in [0.25, 0.3) is 0 Å². The summed E-state index contributed by atoms with van der Waals surface area (Å²) >= 11 is 6.48. The molecule has 3 atom stereocenters. The molecule has 38 heavy (non-hydrogen) atoms. The summed E-state index contributed by atoms with van der Waals surface area (Å²) in [7, 11) is 1.24. The highest BCUT2D eigenvalue weighted by Crippen LogP contribution is 2.43. The zero-order valence-electron chi connectivity index (χ0n) is 22.0. The van der Waals surface area contributed by atoms with Gasteiger partial charge in [-0.05, 0) is 94.1 Å². The van der Waals surface area contributed by atoms with Crippen molar-refractivity contribution in [1.29, 1.82) is 0 Å². The molecule has 2 aliphatic carbocycles. The van der Waals surface area contributed by atoms with Crippen LogP contribution in [0.1, 0.15) is 55.1 Å². The molecule has 2 aromatic carbocycles. The number of aliphatic imine (C=N–C) groups is 2. The fraction of sp³-hybridized carbons (Fsp3) is 0.429. The number of halogens is 2. The van der Waals surface area contributed by atoms with Gasteiger partial charge in [0.05, 0.1) is 10.7 Å². The first-order valence-electron chi connectivity index (χ1n) is 12.8. The predicted molar refractivity (Wildman–Crippen MR) is 154 cm³/mol. The fourth-order valence-electron chi connectivity index (χ4n) is 5.19. The maximum absolute atomic E-state index is 15.1. The lowest BCUT2D eigenvalue weighted by Crippen LogP contribution is -2.47. The van der Waals surface area contributed by atoms with E-state index in [1.807, 2.05) is 0 Å². The molecule has 7 nitrogen and oxygen atoms in total. The summed E-state index contributed by atoms with van der Waals surface area (Å²) in [5.74, 6) is 0.254. The summed E-state index contributed by atoms with van der Waals surface area (Å²) in [6.45, 7) is 3.30. The summed E-state index contributed by atoms with van der Waals surface area (Å²) in [5.41, 5.74) is 3.20. The quantitative estimate of drug-likeness (QED) is 0.311. The second-order valence-electron chi connectivity index (χ2n) is 10.2. The fourth-order valence-corrected chi connectivity index (χ4v) is 6.60. The van der Waals surface area contributed by atoms with Crippen molar-refractivity contribution >= 4 is 39.9 Å². The van der Waals surface area contributed by atoms with Crippen LogP contribution in [0.4, 0.5) is 10.1 Å². The molecule has 0 amide bonds. The number of nitrogens with one attached hydrogen (secondary N) is 2. The molecule has 4 rings (SSSR count). The second-order valence-corrected chi connectivity index (χ2v) is 12.3.